The number of urea groups is 1. The number of fused-ring (bicyclic) bond motifs is 4. The number of anilines is 2. The fourth-order valence-electron chi connectivity index (χ4n) is 5.80. The van der Waals surface area contributed by atoms with Crippen molar-refractivity contribution in [3.8, 4) is 11.5 Å². The highest BCUT2D eigenvalue weighted by Crippen LogP contribution is 2.49. The van der Waals surface area contributed by atoms with E-state index < -0.39 is 5.72 Å². The van der Waals surface area contributed by atoms with Crippen molar-refractivity contribution in [2.75, 3.05) is 42.6 Å². The average Bonchev–Trinajstić information content (AvgIpc) is 2.93. The zero-order valence-electron chi connectivity index (χ0n) is 22.0. The van der Waals surface area contributed by atoms with Gasteiger partial charge in [0.15, 0.2) is 17.2 Å². The molecule has 39 heavy (non-hydrogen) atoms. The number of carbonyl (C=O) groups is 2. The number of amides is 3. The van der Waals surface area contributed by atoms with Gasteiger partial charge in [0.05, 0.1) is 18.3 Å². The fraction of sp³-hybridized carbons (Fsp3) is 0.333. The summed E-state index contributed by atoms with van der Waals surface area (Å²) in [6.45, 7) is 7.03. The lowest BCUT2D eigenvalue weighted by Gasteiger charge is -2.50. The summed E-state index contributed by atoms with van der Waals surface area (Å²) < 4.78 is 12.3. The third-order valence-electron chi connectivity index (χ3n) is 7.67. The van der Waals surface area contributed by atoms with Gasteiger partial charge < -0.3 is 24.6 Å². The van der Waals surface area contributed by atoms with Gasteiger partial charge in [0, 0.05) is 54.4 Å². The van der Waals surface area contributed by atoms with Crippen molar-refractivity contribution in [3.63, 3.8) is 0 Å². The van der Waals surface area contributed by atoms with Crippen LogP contribution in [0.15, 0.2) is 66.7 Å². The van der Waals surface area contributed by atoms with Crippen molar-refractivity contribution in [2.45, 2.75) is 32.0 Å². The molecule has 6 rings (SSSR count). The third-order valence-corrected chi connectivity index (χ3v) is 7.93. The van der Waals surface area contributed by atoms with Crippen LogP contribution >= 0.6 is 11.6 Å². The molecule has 2 atom stereocenters. The molecule has 0 saturated carbocycles. The van der Waals surface area contributed by atoms with Crippen molar-refractivity contribution in [3.05, 3.63) is 82.9 Å². The average molecular weight is 547 g/mol. The van der Waals surface area contributed by atoms with Gasteiger partial charge in [0.25, 0.3) is 5.91 Å². The summed E-state index contributed by atoms with van der Waals surface area (Å²) in [5.74, 6) is 1.25. The Kier molecular flexibility index (Phi) is 6.51. The minimum absolute atomic E-state index is 0.0541. The van der Waals surface area contributed by atoms with Crippen molar-refractivity contribution in [1.29, 1.82) is 0 Å². The quantitative estimate of drug-likeness (QED) is 0.459. The molecule has 3 aliphatic rings. The van der Waals surface area contributed by atoms with E-state index >= 15 is 0 Å². The van der Waals surface area contributed by atoms with Gasteiger partial charge in [-0.1, -0.05) is 29.8 Å². The van der Waals surface area contributed by atoms with Crippen molar-refractivity contribution >= 4 is 34.9 Å². The number of rotatable bonds is 5. The van der Waals surface area contributed by atoms with Crippen molar-refractivity contribution in [1.82, 2.24) is 10.2 Å². The number of carbonyl (C=O) groups excluding carboxylic acids is 2. The van der Waals surface area contributed by atoms with Crippen LogP contribution in [-0.4, -0.2) is 55.3 Å². The maximum atomic E-state index is 13.5. The molecular weight excluding hydrogens is 516 g/mol. The summed E-state index contributed by atoms with van der Waals surface area (Å²) in [5.41, 5.74) is 2.21. The number of hydrogen-bond donors (Lipinski definition) is 1. The van der Waals surface area contributed by atoms with E-state index in [4.69, 9.17) is 21.1 Å². The molecule has 3 heterocycles. The number of ether oxygens (including phenoxy) is 2. The lowest BCUT2D eigenvalue weighted by molar-refractivity contribution is 0.0343. The van der Waals surface area contributed by atoms with E-state index in [9.17, 15) is 9.59 Å². The standard InChI is InChI=1S/C30H31ClN4O4/c1-3-38-26-9-5-8-24-25-19-30(2,39-27(24)26)35(29(37)32-25)23-7-4-6-20(18-23)28(36)34-16-14-33(15-17-34)22-12-10-21(31)11-13-22/h4-13,18,25H,3,14-17,19H2,1-2H3,(H,32,37)/t25-,30+/m1/s1. The molecule has 202 valence electrons. The first-order valence-corrected chi connectivity index (χ1v) is 13.7. The molecule has 2 fully saturated rings. The van der Waals surface area contributed by atoms with E-state index in [0.29, 0.717) is 53.9 Å². The fourth-order valence-corrected chi connectivity index (χ4v) is 5.93. The molecule has 0 spiro atoms. The molecule has 0 unspecified atom stereocenters. The van der Waals surface area contributed by atoms with Crippen molar-refractivity contribution < 1.29 is 19.1 Å². The highest BCUT2D eigenvalue weighted by Gasteiger charge is 2.50. The van der Waals surface area contributed by atoms with Gasteiger partial charge in [-0.25, -0.2) is 4.79 Å². The molecule has 0 aliphatic carbocycles. The van der Waals surface area contributed by atoms with Crippen LogP contribution in [0.2, 0.25) is 5.02 Å². The third kappa shape index (κ3) is 4.63. The Bertz CT molecular complexity index is 1410. The number of nitrogens with one attached hydrogen (secondary N) is 1. The van der Waals surface area contributed by atoms with Gasteiger partial charge in [0.2, 0.25) is 0 Å². The number of halogens is 1. The number of benzene rings is 3. The molecule has 0 aromatic heterocycles. The van der Waals surface area contributed by atoms with Crippen LogP contribution in [-0.2, 0) is 0 Å². The van der Waals surface area contributed by atoms with E-state index in [1.165, 1.54) is 0 Å². The SMILES string of the molecule is CCOc1cccc2c1O[C@@]1(C)C[C@H]2NC(=O)N1c1cccc(C(=O)N2CCN(c3ccc(Cl)cc3)CC2)c1. The summed E-state index contributed by atoms with van der Waals surface area (Å²) in [4.78, 5) is 32.6. The Morgan fingerprint density at radius 3 is 2.54 bits per heavy atom. The maximum absolute atomic E-state index is 13.5. The van der Waals surface area contributed by atoms with Gasteiger partial charge in [-0.05, 0) is 62.4 Å². The molecule has 8 nitrogen and oxygen atoms in total. The minimum atomic E-state index is -0.945. The molecule has 3 aliphatic heterocycles. The summed E-state index contributed by atoms with van der Waals surface area (Å²) in [5, 5.41) is 3.83. The normalized spacial score (nSPS) is 22.1. The van der Waals surface area contributed by atoms with Crippen LogP contribution < -0.4 is 24.6 Å². The second-order valence-electron chi connectivity index (χ2n) is 10.2. The molecule has 1 N–H and O–H groups in total. The van der Waals surface area contributed by atoms with Crippen LogP contribution in [0.1, 0.15) is 42.2 Å². The first-order valence-electron chi connectivity index (χ1n) is 13.3. The molecule has 3 aromatic carbocycles. The summed E-state index contributed by atoms with van der Waals surface area (Å²) in [6.07, 6.45) is 0.562. The number of hydrogen-bond acceptors (Lipinski definition) is 5. The molecule has 9 heteroatoms. The van der Waals surface area contributed by atoms with E-state index in [-0.39, 0.29) is 18.0 Å². The van der Waals surface area contributed by atoms with Crippen molar-refractivity contribution in [2.24, 2.45) is 0 Å². The Hall–Kier alpha value is -3.91. The zero-order chi connectivity index (χ0) is 27.1. The predicted molar refractivity (Wildman–Crippen MR) is 151 cm³/mol. The van der Waals surface area contributed by atoms with Crippen LogP contribution in [0.4, 0.5) is 16.2 Å². The summed E-state index contributed by atoms with van der Waals surface area (Å²) in [7, 11) is 0. The van der Waals surface area contributed by atoms with E-state index in [1.54, 1.807) is 17.0 Å². The highest BCUT2D eigenvalue weighted by atomic mass is 35.5. The zero-order valence-corrected chi connectivity index (χ0v) is 22.8. The molecule has 3 aromatic rings. The second kappa shape index (κ2) is 10.0. The van der Waals surface area contributed by atoms with Crippen LogP contribution in [0.25, 0.3) is 0 Å². The van der Waals surface area contributed by atoms with E-state index in [2.05, 4.69) is 10.2 Å². The van der Waals surface area contributed by atoms with Gasteiger partial charge in [-0.2, -0.15) is 0 Å². The number of nitrogens with zero attached hydrogens (tertiary/aromatic N) is 3. The van der Waals surface area contributed by atoms with Gasteiger partial charge in [0.1, 0.15) is 0 Å². The maximum Gasteiger partial charge on any atom is 0.325 e. The molecular formula is C30H31ClN4O4. The Balaban J connectivity index is 1.22. The summed E-state index contributed by atoms with van der Waals surface area (Å²) in [6, 6.07) is 20.3. The monoisotopic (exact) mass is 546 g/mol. The minimum Gasteiger partial charge on any atom is -0.490 e. The predicted octanol–water partition coefficient (Wildman–Crippen LogP) is 5.47. The largest absolute Gasteiger partial charge is 0.490 e. The molecule has 3 amide bonds. The second-order valence-corrected chi connectivity index (χ2v) is 10.7. The number of piperazine rings is 1. The number of para-hydroxylation sites is 1. The van der Waals surface area contributed by atoms with E-state index in [1.807, 2.05) is 73.3 Å². The Morgan fingerprint density at radius 2 is 1.79 bits per heavy atom. The molecule has 2 bridgehead atoms. The van der Waals surface area contributed by atoms with E-state index in [0.717, 1.165) is 24.3 Å². The van der Waals surface area contributed by atoms with Crippen LogP contribution in [0.3, 0.4) is 0 Å². The first kappa shape index (κ1) is 25.4. The van der Waals surface area contributed by atoms with Gasteiger partial charge in [-0.3, -0.25) is 9.69 Å². The van der Waals surface area contributed by atoms with Crippen LogP contribution in [0.5, 0.6) is 11.5 Å². The van der Waals surface area contributed by atoms with Gasteiger partial charge in [-0.15, -0.1) is 0 Å². The molecule has 2 saturated heterocycles. The first-order chi connectivity index (χ1) is 18.9. The topological polar surface area (TPSA) is 74.3 Å². The van der Waals surface area contributed by atoms with Gasteiger partial charge >= 0.3 is 6.03 Å². The Morgan fingerprint density at radius 1 is 1.05 bits per heavy atom. The lowest BCUT2D eigenvalue weighted by Crippen LogP contribution is -2.65. The highest BCUT2D eigenvalue weighted by molar-refractivity contribution is 6.30. The lowest BCUT2D eigenvalue weighted by atomic mass is 9.89. The molecule has 0 radical (unpaired) electrons. The summed E-state index contributed by atoms with van der Waals surface area (Å²) >= 11 is 6.03. The van der Waals surface area contributed by atoms with Crippen LogP contribution in [0, 0.1) is 0 Å². The Labute approximate surface area is 233 Å². The smallest absolute Gasteiger partial charge is 0.325 e.